The fraction of sp³-hybridized carbons (Fsp3) is 0.412. The molecule has 14 nitrogen and oxygen atoms in total. The predicted molar refractivity (Wildman–Crippen MR) is 188 cm³/mol. The molecule has 3 amide bonds. The van der Waals surface area contributed by atoms with E-state index in [4.69, 9.17) is 16.3 Å². The summed E-state index contributed by atoms with van der Waals surface area (Å²) in [7, 11) is -3.79. The second kappa shape index (κ2) is 14.8. The molecule has 3 fully saturated rings. The molecule has 19 heteroatoms. The number of carbonyl (C=O) groups is 3. The minimum Gasteiger partial charge on any atom is -0.454 e. The molecule has 0 spiro atoms. The number of amides is 3. The number of alkyl halides is 3. The van der Waals surface area contributed by atoms with Gasteiger partial charge in [0.15, 0.2) is 6.61 Å². The second-order valence-electron chi connectivity index (χ2n) is 13.2. The molecule has 3 aliphatic carbocycles. The summed E-state index contributed by atoms with van der Waals surface area (Å²) in [5, 5.41) is 11.4. The number of benzene rings is 2. The smallest absolute Gasteiger partial charge is 0.422 e. The molecule has 3 aliphatic rings. The average Bonchev–Trinajstić information content (AvgIpc) is 3.97. The van der Waals surface area contributed by atoms with E-state index in [9.17, 15) is 36.0 Å². The lowest BCUT2D eigenvalue weighted by molar-refractivity contribution is -0.154. The van der Waals surface area contributed by atoms with Crippen molar-refractivity contribution in [3.8, 4) is 6.01 Å². The molecule has 1 aromatic heterocycles. The van der Waals surface area contributed by atoms with Crippen LogP contribution in [-0.2, 0) is 25.2 Å². The Morgan fingerprint density at radius 2 is 1.68 bits per heavy atom. The van der Waals surface area contributed by atoms with Gasteiger partial charge in [0, 0.05) is 35.2 Å². The third-order valence-corrected chi connectivity index (χ3v) is 11.1. The van der Waals surface area contributed by atoms with Crippen LogP contribution in [0.25, 0.3) is 0 Å². The van der Waals surface area contributed by atoms with Gasteiger partial charge < -0.3 is 26.0 Å². The summed E-state index contributed by atoms with van der Waals surface area (Å²) < 4.78 is 70.2. The van der Waals surface area contributed by atoms with Crippen molar-refractivity contribution >= 4 is 56.9 Å². The highest BCUT2D eigenvalue weighted by Crippen LogP contribution is 2.48. The average molecular weight is 777 g/mol. The van der Waals surface area contributed by atoms with Crippen molar-refractivity contribution in [2.75, 3.05) is 23.8 Å². The Kier molecular flexibility index (Phi) is 10.6. The summed E-state index contributed by atoms with van der Waals surface area (Å²) in [6.45, 7) is 2.19. The van der Waals surface area contributed by atoms with Crippen LogP contribution in [0.5, 0.6) is 6.01 Å². The van der Waals surface area contributed by atoms with Crippen molar-refractivity contribution in [3.05, 3.63) is 77.3 Å². The summed E-state index contributed by atoms with van der Waals surface area (Å²) >= 11 is 6.02. The van der Waals surface area contributed by atoms with E-state index in [2.05, 4.69) is 47.5 Å². The normalized spacial score (nSPS) is 20.0. The Bertz CT molecular complexity index is 1990. The Hall–Kier alpha value is -4.97. The minimum atomic E-state index is -4.62. The van der Waals surface area contributed by atoms with Crippen LogP contribution in [0.4, 0.5) is 30.8 Å². The first-order valence-corrected chi connectivity index (χ1v) is 18.7. The first kappa shape index (κ1) is 37.8. The quantitative estimate of drug-likeness (QED) is 0.0959. The lowest BCUT2D eigenvalue weighted by atomic mass is 10.1. The Morgan fingerprint density at radius 1 is 1.00 bits per heavy atom. The fourth-order valence-corrected chi connectivity index (χ4v) is 7.18. The highest BCUT2D eigenvalue weighted by molar-refractivity contribution is 7.91. The van der Waals surface area contributed by atoms with Crippen molar-refractivity contribution in [1.82, 2.24) is 30.3 Å². The molecule has 282 valence electrons. The summed E-state index contributed by atoms with van der Waals surface area (Å²) in [4.78, 5) is 50.6. The molecule has 5 N–H and O–H groups in total. The SMILES string of the molecule is C=C[C@@H]1C[C@]1(NC(=O)CCCNC(=O)c1ccc(Nc2nc(NC3(c4ccc(Cl)cc4)CC3)nc(OCC(F)(F)F)n2)cc1)C(=O)NS(=O)(=O)C1CC1. The third kappa shape index (κ3) is 9.53. The van der Waals surface area contributed by atoms with Gasteiger partial charge in [0.2, 0.25) is 27.8 Å². The molecule has 3 aromatic rings. The van der Waals surface area contributed by atoms with Crippen LogP contribution in [0, 0.1) is 5.92 Å². The number of carbonyl (C=O) groups excluding carboxylic acids is 3. The molecule has 0 unspecified atom stereocenters. The number of nitrogens with zero attached hydrogens (tertiary/aromatic N) is 3. The molecular formula is C34H36ClF3N8O6S. The molecule has 0 bridgehead atoms. The lowest BCUT2D eigenvalue weighted by Crippen LogP contribution is -2.52. The molecule has 0 saturated heterocycles. The third-order valence-electron chi connectivity index (χ3n) is 9.01. The monoisotopic (exact) mass is 776 g/mol. The van der Waals surface area contributed by atoms with Crippen LogP contribution in [0.3, 0.4) is 0 Å². The zero-order chi connectivity index (χ0) is 38.0. The summed E-state index contributed by atoms with van der Waals surface area (Å²) in [6.07, 6.45) is -0.255. The number of anilines is 3. The van der Waals surface area contributed by atoms with E-state index in [1.54, 1.807) is 24.3 Å². The lowest BCUT2D eigenvalue weighted by Gasteiger charge is -2.19. The standard InChI is InChI=1S/C34H36ClF3N8O6S/c1-2-21-18-33(21,28(49)46-53(50,51)25-13-14-25)44-26(47)4-3-17-39-27(48)20-5-11-24(12-6-20)40-29-41-30(43-31(42-29)52-19-34(36,37)38)45-32(15-16-32)22-7-9-23(35)10-8-22/h2,5-12,21,25H,1,3-4,13-19H2,(H,39,48)(H,44,47)(H,46,49)(H2,40,41,42,43,45)/t21-,33-/m1/s1. The van der Waals surface area contributed by atoms with Crippen molar-refractivity contribution < 1.29 is 40.7 Å². The van der Waals surface area contributed by atoms with E-state index >= 15 is 0 Å². The number of sulfonamides is 1. The zero-order valence-electron chi connectivity index (χ0n) is 28.1. The van der Waals surface area contributed by atoms with Crippen molar-refractivity contribution in [2.24, 2.45) is 5.92 Å². The van der Waals surface area contributed by atoms with Gasteiger partial charge in [0.25, 0.3) is 11.8 Å². The van der Waals surface area contributed by atoms with Crippen molar-refractivity contribution in [2.45, 2.75) is 67.4 Å². The van der Waals surface area contributed by atoms with Gasteiger partial charge in [-0.25, -0.2) is 8.42 Å². The van der Waals surface area contributed by atoms with E-state index in [0.29, 0.717) is 23.6 Å². The zero-order valence-corrected chi connectivity index (χ0v) is 29.7. The molecule has 53 heavy (non-hydrogen) atoms. The Labute approximate surface area is 307 Å². The van der Waals surface area contributed by atoms with Crippen LogP contribution in [-0.4, -0.2) is 71.2 Å². The topological polar surface area (TPSA) is 193 Å². The Balaban J connectivity index is 1.01. The van der Waals surface area contributed by atoms with Gasteiger partial charge in [-0.3, -0.25) is 19.1 Å². The fourth-order valence-electron chi connectivity index (χ4n) is 5.69. The number of hydrogen-bond donors (Lipinski definition) is 5. The maximum absolute atomic E-state index is 12.9. The molecule has 2 aromatic carbocycles. The molecule has 6 rings (SSSR count). The number of nitrogens with one attached hydrogen (secondary N) is 5. The van der Waals surface area contributed by atoms with Crippen molar-refractivity contribution in [1.29, 1.82) is 0 Å². The number of hydrogen-bond acceptors (Lipinski definition) is 11. The van der Waals surface area contributed by atoms with E-state index in [1.165, 1.54) is 18.2 Å². The van der Waals surface area contributed by atoms with Gasteiger partial charge in [-0.15, -0.1) is 6.58 Å². The van der Waals surface area contributed by atoms with E-state index < -0.39 is 68.8 Å². The van der Waals surface area contributed by atoms with Gasteiger partial charge in [-0.05, 0) is 80.5 Å². The predicted octanol–water partition coefficient (Wildman–Crippen LogP) is 4.49. The first-order valence-electron chi connectivity index (χ1n) is 16.7. The summed E-state index contributed by atoms with van der Waals surface area (Å²) in [6, 6.07) is 12.7. The maximum atomic E-state index is 12.9. The second-order valence-corrected chi connectivity index (χ2v) is 15.6. The minimum absolute atomic E-state index is 0.00517. The highest BCUT2D eigenvalue weighted by Gasteiger charge is 2.60. The van der Waals surface area contributed by atoms with Gasteiger partial charge in [0.05, 0.1) is 10.8 Å². The van der Waals surface area contributed by atoms with Crippen molar-refractivity contribution in [3.63, 3.8) is 0 Å². The van der Waals surface area contributed by atoms with Crippen LogP contribution in [0.1, 0.15) is 60.9 Å². The van der Waals surface area contributed by atoms with Crippen LogP contribution in [0.2, 0.25) is 5.02 Å². The number of ether oxygens (including phenoxy) is 1. The summed E-state index contributed by atoms with van der Waals surface area (Å²) in [5.74, 6) is -2.19. The highest BCUT2D eigenvalue weighted by atomic mass is 35.5. The van der Waals surface area contributed by atoms with Gasteiger partial charge in [-0.2, -0.15) is 28.1 Å². The van der Waals surface area contributed by atoms with Crippen LogP contribution >= 0.6 is 11.6 Å². The van der Waals surface area contributed by atoms with E-state index in [1.807, 2.05) is 12.1 Å². The molecule has 1 heterocycles. The number of aromatic nitrogens is 3. The largest absolute Gasteiger partial charge is 0.454 e. The first-order chi connectivity index (χ1) is 25.1. The molecule has 2 atom stereocenters. The molecule has 3 saturated carbocycles. The maximum Gasteiger partial charge on any atom is 0.422 e. The number of halogens is 4. The van der Waals surface area contributed by atoms with Gasteiger partial charge in [-0.1, -0.05) is 29.8 Å². The van der Waals surface area contributed by atoms with Crippen LogP contribution < -0.4 is 30.7 Å². The van der Waals surface area contributed by atoms with Crippen LogP contribution in [0.15, 0.2) is 61.2 Å². The van der Waals surface area contributed by atoms with E-state index in [-0.39, 0.29) is 43.3 Å². The number of rotatable bonds is 17. The molecular weight excluding hydrogens is 741 g/mol. The van der Waals surface area contributed by atoms with Gasteiger partial charge >= 0.3 is 12.2 Å². The Morgan fingerprint density at radius 3 is 2.28 bits per heavy atom. The van der Waals surface area contributed by atoms with Gasteiger partial charge in [0.1, 0.15) is 5.54 Å². The molecule has 0 radical (unpaired) electrons. The summed E-state index contributed by atoms with van der Waals surface area (Å²) in [5.41, 5.74) is -0.299. The molecule has 0 aliphatic heterocycles. The van der Waals surface area contributed by atoms with E-state index in [0.717, 1.165) is 18.4 Å².